The summed E-state index contributed by atoms with van der Waals surface area (Å²) in [6, 6.07) is 23.7. The van der Waals surface area contributed by atoms with E-state index in [0.29, 0.717) is 17.9 Å². The normalized spacial score (nSPS) is 11.6. The number of hydrogen-bond donors (Lipinski definition) is 1. The van der Waals surface area contributed by atoms with E-state index in [1.54, 1.807) is 24.1 Å². The molecule has 0 saturated heterocycles. The van der Waals surface area contributed by atoms with E-state index in [-0.39, 0.29) is 31.0 Å². The highest BCUT2D eigenvalue weighted by atomic mass is 79.9. The monoisotopic (exact) mass is 538 g/mol. The summed E-state index contributed by atoms with van der Waals surface area (Å²) in [5.41, 5.74) is 1.82. The summed E-state index contributed by atoms with van der Waals surface area (Å²) < 4.78 is 12.1. The summed E-state index contributed by atoms with van der Waals surface area (Å²) in [4.78, 5) is 28.5. The van der Waals surface area contributed by atoms with Crippen molar-refractivity contribution in [1.29, 1.82) is 0 Å². The summed E-state index contributed by atoms with van der Waals surface area (Å²) in [6.07, 6.45) is 0.382. The Morgan fingerprint density at radius 3 is 2.26 bits per heavy atom. The largest absolute Gasteiger partial charge is 0.497 e. The Bertz CT molecular complexity index is 1100. The molecular weight excluding hydrogens is 508 g/mol. The van der Waals surface area contributed by atoms with Gasteiger partial charge < -0.3 is 19.7 Å². The zero-order valence-corrected chi connectivity index (χ0v) is 21.8. The smallest absolute Gasteiger partial charge is 0.261 e. The fraction of sp³-hybridized carbons (Fsp3) is 0.286. The van der Waals surface area contributed by atoms with Crippen LogP contribution in [-0.4, -0.2) is 42.5 Å². The van der Waals surface area contributed by atoms with Gasteiger partial charge >= 0.3 is 0 Å². The number of amides is 2. The number of benzene rings is 3. The predicted molar refractivity (Wildman–Crippen MR) is 140 cm³/mol. The fourth-order valence-corrected chi connectivity index (χ4v) is 3.93. The molecule has 0 fully saturated rings. The molecule has 3 aromatic rings. The van der Waals surface area contributed by atoms with Crippen molar-refractivity contribution in [3.63, 3.8) is 0 Å². The third-order valence-corrected chi connectivity index (χ3v) is 5.89. The van der Waals surface area contributed by atoms with Crippen LogP contribution in [0.4, 0.5) is 0 Å². The number of nitrogens with zero attached hydrogens (tertiary/aromatic N) is 1. The number of rotatable bonds is 11. The number of carbonyl (C=O) groups is 2. The molecule has 0 heterocycles. The average molecular weight is 539 g/mol. The minimum Gasteiger partial charge on any atom is -0.497 e. The van der Waals surface area contributed by atoms with Crippen LogP contribution in [0.1, 0.15) is 25.0 Å². The van der Waals surface area contributed by atoms with Crippen molar-refractivity contribution in [2.24, 2.45) is 0 Å². The van der Waals surface area contributed by atoms with Gasteiger partial charge in [0.25, 0.3) is 5.91 Å². The molecule has 7 heteroatoms. The summed E-state index contributed by atoms with van der Waals surface area (Å²) in [5.74, 6) is 0.778. The summed E-state index contributed by atoms with van der Waals surface area (Å²) in [5, 5.41) is 2.98. The van der Waals surface area contributed by atoms with E-state index in [1.807, 2.05) is 80.6 Å². The molecular formula is C28H31BrN2O4. The van der Waals surface area contributed by atoms with Crippen molar-refractivity contribution in [3.8, 4) is 11.5 Å². The van der Waals surface area contributed by atoms with Crippen LogP contribution in [0.2, 0.25) is 0 Å². The van der Waals surface area contributed by atoms with Crippen LogP contribution >= 0.6 is 15.9 Å². The maximum Gasteiger partial charge on any atom is 0.261 e. The topological polar surface area (TPSA) is 67.9 Å². The Morgan fingerprint density at radius 2 is 1.60 bits per heavy atom. The predicted octanol–water partition coefficient (Wildman–Crippen LogP) is 5.00. The van der Waals surface area contributed by atoms with E-state index >= 15 is 0 Å². The van der Waals surface area contributed by atoms with Gasteiger partial charge in [-0.25, -0.2) is 0 Å². The van der Waals surface area contributed by atoms with Gasteiger partial charge in [-0.15, -0.1) is 0 Å². The molecule has 0 aliphatic heterocycles. The highest BCUT2D eigenvalue weighted by Gasteiger charge is 2.31. The second-order valence-corrected chi connectivity index (χ2v) is 9.40. The first-order valence-corrected chi connectivity index (χ1v) is 12.3. The molecule has 0 aliphatic carbocycles. The van der Waals surface area contributed by atoms with Crippen LogP contribution in [0.5, 0.6) is 11.5 Å². The Hall–Kier alpha value is -3.32. The van der Waals surface area contributed by atoms with E-state index < -0.39 is 6.04 Å². The van der Waals surface area contributed by atoms with Crippen LogP contribution in [0.15, 0.2) is 83.3 Å². The molecule has 1 atom stereocenters. The van der Waals surface area contributed by atoms with E-state index in [0.717, 1.165) is 15.6 Å². The van der Waals surface area contributed by atoms with Crippen molar-refractivity contribution in [2.75, 3.05) is 13.7 Å². The Kier molecular flexibility index (Phi) is 9.73. The Balaban J connectivity index is 1.91. The fourth-order valence-electron chi connectivity index (χ4n) is 3.66. The van der Waals surface area contributed by atoms with Crippen LogP contribution in [0, 0.1) is 0 Å². The highest BCUT2D eigenvalue weighted by molar-refractivity contribution is 9.10. The minimum atomic E-state index is -0.716. The molecule has 1 unspecified atom stereocenters. The minimum absolute atomic E-state index is 0.0615. The van der Waals surface area contributed by atoms with E-state index in [2.05, 4.69) is 21.2 Å². The molecule has 0 bridgehead atoms. The standard InChI is InChI=1S/C28H31BrN2O4/c1-20(2)30-28(33)26(17-21-8-5-4-6-9-21)31(18-22-10-7-11-25(16-22)34-3)27(32)19-35-24-14-12-23(29)13-15-24/h4-16,20,26H,17-19H2,1-3H3,(H,30,33). The third kappa shape index (κ3) is 8.14. The molecule has 0 aliphatic rings. The van der Waals surface area contributed by atoms with Crippen molar-refractivity contribution in [2.45, 2.75) is 38.9 Å². The first kappa shape index (κ1) is 26.3. The second-order valence-electron chi connectivity index (χ2n) is 8.48. The summed E-state index contributed by atoms with van der Waals surface area (Å²) in [6.45, 7) is 3.86. The van der Waals surface area contributed by atoms with Crippen molar-refractivity contribution < 1.29 is 19.1 Å². The van der Waals surface area contributed by atoms with E-state index in [1.165, 1.54) is 0 Å². The molecule has 1 N–H and O–H groups in total. The maximum absolute atomic E-state index is 13.5. The van der Waals surface area contributed by atoms with Gasteiger partial charge in [-0.05, 0) is 61.4 Å². The zero-order chi connectivity index (χ0) is 25.2. The Morgan fingerprint density at radius 1 is 0.914 bits per heavy atom. The summed E-state index contributed by atoms with van der Waals surface area (Å²) >= 11 is 3.40. The molecule has 3 rings (SSSR count). The van der Waals surface area contributed by atoms with Gasteiger partial charge in [-0.2, -0.15) is 0 Å². The van der Waals surface area contributed by atoms with Crippen LogP contribution in [0.25, 0.3) is 0 Å². The number of nitrogens with one attached hydrogen (secondary N) is 1. The van der Waals surface area contributed by atoms with Gasteiger partial charge in [0.2, 0.25) is 5.91 Å². The lowest BCUT2D eigenvalue weighted by atomic mass is 10.0. The molecule has 2 amide bonds. The van der Waals surface area contributed by atoms with Crippen molar-refractivity contribution in [1.82, 2.24) is 10.2 Å². The lowest BCUT2D eigenvalue weighted by Gasteiger charge is -2.32. The van der Waals surface area contributed by atoms with E-state index in [4.69, 9.17) is 9.47 Å². The second kappa shape index (κ2) is 13.0. The number of methoxy groups -OCH3 is 1. The third-order valence-electron chi connectivity index (χ3n) is 5.37. The summed E-state index contributed by atoms with van der Waals surface area (Å²) in [7, 11) is 1.60. The molecule has 6 nitrogen and oxygen atoms in total. The van der Waals surface area contributed by atoms with E-state index in [9.17, 15) is 9.59 Å². The maximum atomic E-state index is 13.5. The molecule has 0 aromatic heterocycles. The van der Waals surface area contributed by atoms with Crippen LogP contribution in [0.3, 0.4) is 0 Å². The lowest BCUT2D eigenvalue weighted by molar-refractivity contribution is -0.143. The van der Waals surface area contributed by atoms with Gasteiger partial charge in [0.1, 0.15) is 17.5 Å². The molecule has 3 aromatic carbocycles. The van der Waals surface area contributed by atoms with Crippen LogP contribution in [-0.2, 0) is 22.6 Å². The average Bonchev–Trinajstić information content (AvgIpc) is 2.86. The van der Waals surface area contributed by atoms with Crippen LogP contribution < -0.4 is 14.8 Å². The lowest BCUT2D eigenvalue weighted by Crippen LogP contribution is -2.52. The SMILES string of the molecule is COc1cccc(CN(C(=O)COc2ccc(Br)cc2)C(Cc2ccccc2)C(=O)NC(C)C)c1. The van der Waals surface area contributed by atoms with Crippen molar-refractivity contribution in [3.05, 3.63) is 94.5 Å². The number of ether oxygens (including phenoxy) is 2. The quantitative estimate of drug-likeness (QED) is 0.373. The molecule has 35 heavy (non-hydrogen) atoms. The van der Waals surface area contributed by atoms with Gasteiger partial charge in [0.15, 0.2) is 6.61 Å². The molecule has 0 saturated carbocycles. The van der Waals surface area contributed by atoms with Gasteiger partial charge in [-0.3, -0.25) is 9.59 Å². The van der Waals surface area contributed by atoms with Gasteiger partial charge in [-0.1, -0.05) is 58.4 Å². The first-order chi connectivity index (χ1) is 16.9. The molecule has 0 spiro atoms. The molecule has 0 radical (unpaired) electrons. The van der Waals surface area contributed by atoms with Crippen molar-refractivity contribution >= 4 is 27.7 Å². The highest BCUT2D eigenvalue weighted by Crippen LogP contribution is 2.20. The first-order valence-electron chi connectivity index (χ1n) is 11.5. The Labute approximate surface area is 215 Å². The van der Waals surface area contributed by atoms with Gasteiger partial charge in [0.05, 0.1) is 7.11 Å². The number of carbonyl (C=O) groups excluding carboxylic acids is 2. The van der Waals surface area contributed by atoms with Gasteiger partial charge in [0, 0.05) is 23.5 Å². The number of hydrogen-bond acceptors (Lipinski definition) is 4. The number of halogens is 1. The zero-order valence-electron chi connectivity index (χ0n) is 20.2. The molecule has 184 valence electrons.